The second-order valence-electron chi connectivity index (χ2n) is 7.35. The molecule has 0 saturated heterocycles. The van der Waals surface area contributed by atoms with Gasteiger partial charge in [-0.2, -0.15) is 0 Å². The molecule has 2 aromatic heterocycles. The number of hydrogen-bond acceptors (Lipinski definition) is 3. The molecule has 2 heterocycles. The van der Waals surface area contributed by atoms with Crippen LogP contribution in [0.15, 0.2) is 66.9 Å². The summed E-state index contributed by atoms with van der Waals surface area (Å²) in [5.41, 5.74) is 4.12. The average Bonchev–Trinajstić information content (AvgIpc) is 3.07. The van der Waals surface area contributed by atoms with Crippen LogP contribution in [0.3, 0.4) is 0 Å². The Morgan fingerprint density at radius 1 is 1.00 bits per heavy atom. The summed E-state index contributed by atoms with van der Waals surface area (Å²) >= 11 is 0. The van der Waals surface area contributed by atoms with Gasteiger partial charge in [-0.25, -0.2) is 0 Å². The smallest absolute Gasteiger partial charge is 0.241 e. The minimum atomic E-state index is -0.348. The first-order valence-corrected chi connectivity index (χ1v) is 10.1. The van der Waals surface area contributed by atoms with Gasteiger partial charge in [0.2, 0.25) is 5.91 Å². The van der Waals surface area contributed by atoms with Crippen molar-refractivity contribution in [3.8, 4) is 0 Å². The van der Waals surface area contributed by atoms with Crippen molar-refractivity contribution in [2.24, 2.45) is 0 Å². The minimum Gasteiger partial charge on any atom is -0.341 e. The predicted molar refractivity (Wildman–Crippen MR) is 119 cm³/mol. The van der Waals surface area contributed by atoms with Crippen molar-refractivity contribution in [1.29, 1.82) is 0 Å². The molecule has 29 heavy (non-hydrogen) atoms. The van der Waals surface area contributed by atoms with Crippen molar-refractivity contribution < 1.29 is 4.79 Å². The van der Waals surface area contributed by atoms with Crippen molar-refractivity contribution in [1.82, 2.24) is 14.9 Å². The number of nitrogens with one attached hydrogen (secondary N) is 2. The lowest BCUT2D eigenvalue weighted by Gasteiger charge is -2.19. The van der Waals surface area contributed by atoms with Gasteiger partial charge in [0.05, 0.1) is 11.7 Å². The van der Waals surface area contributed by atoms with Gasteiger partial charge in [-0.05, 0) is 57.2 Å². The quantitative estimate of drug-likeness (QED) is 0.496. The van der Waals surface area contributed by atoms with Crippen molar-refractivity contribution in [3.05, 3.63) is 72.6 Å². The van der Waals surface area contributed by atoms with E-state index in [1.807, 2.05) is 38.1 Å². The molecule has 0 aliphatic heterocycles. The molecule has 5 nitrogen and oxygen atoms in total. The van der Waals surface area contributed by atoms with Crippen molar-refractivity contribution in [2.45, 2.75) is 39.4 Å². The maximum atomic E-state index is 12.7. The Balaban J connectivity index is 1.54. The highest BCUT2D eigenvalue weighted by Crippen LogP contribution is 2.31. The molecule has 0 bridgehead atoms. The van der Waals surface area contributed by atoms with E-state index >= 15 is 0 Å². The molecule has 0 aliphatic carbocycles. The monoisotopic (exact) mass is 386 g/mol. The van der Waals surface area contributed by atoms with Gasteiger partial charge >= 0.3 is 0 Å². The molecule has 2 aromatic carbocycles. The molecule has 0 aliphatic rings. The van der Waals surface area contributed by atoms with E-state index in [1.165, 1.54) is 16.4 Å². The zero-order valence-corrected chi connectivity index (χ0v) is 17.0. The zero-order valence-electron chi connectivity index (χ0n) is 17.0. The second-order valence-corrected chi connectivity index (χ2v) is 7.35. The number of hydrogen-bond donors (Lipinski definition) is 2. The summed E-state index contributed by atoms with van der Waals surface area (Å²) in [5.74, 6) is -0.0636. The molecule has 0 radical (unpaired) electrons. The van der Waals surface area contributed by atoms with E-state index in [0.29, 0.717) is 0 Å². The fourth-order valence-corrected chi connectivity index (χ4v) is 3.89. The van der Waals surface area contributed by atoms with Crippen LogP contribution >= 0.6 is 0 Å². The van der Waals surface area contributed by atoms with Crippen LogP contribution < -0.4 is 10.6 Å². The normalized spacial score (nSPS) is 13.5. The molecule has 5 heteroatoms. The number of carbonyl (C=O) groups is 1. The van der Waals surface area contributed by atoms with Crippen LogP contribution in [-0.2, 0) is 11.3 Å². The third-order valence-corrected chi connectivity index (χ3v) is 5.38. The molecular weight excluding hydrogens is 360 g/mol. The standard InChI is InChI=1S/C24H26N4O/c1-4-28-22-11-6-5-9-19(22)20-15-18(12-13-23(20)28)27-24(29)17(3)26-16(2)21-10-7-8-14-25-21/h5-17,26H,4H2,1-3H3,(H,27,29). The van der Waals surface area contributed by atoms with Crippen LogP contribution in [0, 0.1) is 0 Å². The number of carbonyl (C=O) groups excluding carboxylic acids is 1. The van der Waals surface area contributed by atoms with Gasteiger partial charge in [0, 0.05) is 46.3 Å². The number of anilines is 1. The number of rotatable bonds is 6. The van der Waals surface area contributed by atoms with Gasteiger partial charge < -0.3 is 9.88 Å². The Morgan fingerprint density at radius 3 is 2.52 bits per heavy atom. The summed E-state index contributed by atoms with van der Waals surface area (Å²) < 4.78 is 2.30. The Bertz CT molecular complexity index is 1150. The Morgan fingerprint density at radius 2 is 1.76 bits per heavy atom. The lowest BCUT2D eigenvalue weighted by molar-refractivity contribution is -0.117. The zero-order chi connectivity index (χ0) is 20.4. The highest BCUT2D eigenvalue weighted by molar-refractivity contribution is 6.10. The fraction of sp³-hybridized carbons (Fsp3) is 0.250. The molecule has 148 valence electrons. The third-order valence-electron chi connectivity index (χ3n) is 5.38. The van der Waals surface area contributed by atoms with Crippen LogP contribution in [0.1, 0.15) is 32.5 Å². The number of pyridine rings is 1. The molecular formula is C24H26N4O. The maximum absolute atomic E-state index is 12.7. The van der Waals surface area contributed by atoms with E-state index in [-0.39, 0.29) is 18.0 Å². The summed E-state index contributed by atoms with van der Waals surface area (Å²) in [6.07, 6.45) is 1.76. The van der Waals surface area contributed by atoms with Gasteiger partial charge in [0.25, 0.3) is 0 Å². The molecule has 4 aromatic rings. The molecule has 2 unspecified atom stereocenters. The molecule has 0 fully saturated rings. The summed E-state index contributed by atoms with van der Waals surface area (Å²) in [6.45, 7) is 6.94. The summed E-state index contributed by atoms with van der Waals surface area (Å²) in [5, 5.41) is 8.73. The summed E-state index contributed by atoms with van der Waals surface area (Å²) in [7, 11) is 0. The number of para-hydroxylation sites is 1. The molecule has 2 atom stereocenters. The number of nitrogens with zero attached hydrogens (tertiary/aromatic N) is 2. The Kier molecular flexibility index (Phi) is 5.32. The van der Waals surface area contributed by atoms with Crippen molar-refractivity contribution in [2.75, 3.05) is 5.32 Å². The van der Waals surface area contributed by atoms with E-state index in [9.17, 15) is 4.79 Å². The molecule has 0 spiro atoms. The first-order chi connectivity index (χ1) is 14.1. The second kappa shape index (κ2) is 8.05. The number of amides is 1. The molecule has 2 N–H and O–H groups in total. The first-order valence-electron chi connectivity index (χ1n) is 10.1. The lowest BCUT2D eigenvalue weighted by atomic mass is 10.1. The Labute approximate surface area is 170 Å². The van der Waals surface area contributed by atoms with Crippen LogP contribution in [0.5, 0.6) is 0 Å². The number of aryl methyl sites for hydroxylation is 1. The molecule has 1 amide bonds. The fourth-order valence-electron chi connectivity index (χ4n) is 3.89. The SMILES string of the molecule is CCn1c2ccccc2c2cc(NC(=O)C(C)NC(C)c3ccccn3)ccc21. The highest BCUT2D eigenvalue weighted by atomic mass is 16.2. The summed E-state index contributed by atoms with van der Waals surface area (Å²) in [6, 6.07) is 20.0. The van der Waals surface area contributed by atoms with Crippen molar-refractivity contribution in [3.63, 3.8) is 0 Å². The van der Waals surface area contributed by atoms with Gasteiger partial charge in [0.1, 0.15) is 0 Å². The van der Waals surface area contributed by atoms with Gasteiger partial charge in [-0.15, -0.1) is 0 Å². The van der Waals surface area contributed by atoms with Gasteiger partial charge in [-0.3, -0.25) is 15.1 Å². The average molecular weight is 386 g/mol. The maximum Gasteiger partial charge on any atom is 0.241 e. The van der Waals surface area contributed by atoms with E-state index in [1.54, 1.807) is 6.20 Å². The van der Waals surface area contributed by atoms with Crippen LogP contribution in [-0.4, -0.2) is 21.5 Å². The van der Waals surface area contributed by atoms with Gasteiger partial charge in [0.15, 0.2) is 0 Å². The van der Waals surface area contributed by atoms with Crippen LogP contribution in [0.4, 0.5) is 5.69 Å². The van der Waals surface area contributed by atoms with Crippen LogP contribution in [0.2, 0.25) is 0 Å². The molecule has 0 saturated carbocycles. The topological polar surface area (TPSA) is 59.0 Å². The predicted octanol–water partition coefficient (Wildman–Crippen LogP) is 4.89. The van der Waals surface area contributed by atoms with E-state index in [0.717, 1.165) is 23.3 Å². The molecule has 4 rings (SSSR count). The number of fused-ring (bicyclic) bond motifs is 3. The number of aromatic nitrogens is 2. The summed E-state index contributed by atoms with van der Waals surface area (Å²) in [4.78, 5) is 17.1. The lowest BCUT2D eigenvalue weighted by Crippen LogP contribution is -2.39. The van der Waals surface area contributed by atoms with Crippen molar-refractivity contribution >= 4 is 33.4 Å². The number of benzene rings is 2. The third kappa shape index (κ3) is 3.74. The Hall–Kier alpha value is -3.18. The van der Waals surface area contributed by atoms with E-state index < -0.39 is 0 Å². The van der Waals surface area contributed by atoms with E-state index in [4.69, 9.17) is 0 Å². The van der Waals surface area contributed by atoms with E-state index in [2.05, 4.69) is 63.5 Å². The highest BCUT2D eigenvalue weighted by Gasteiger charge is 2.18. The largest absolute Gasteiger partial charge is 0.341 e. The first kappa shape index (κ1) is 19.2. The minimum absolute atomic E-state index is 0.0121. The van der Waals surface area contributed by atoms with Gasteiger partial charge in [-0.1, -0.05) is 24.3 Å². The van der Waals surface area contributed by atoms with Crippen LogP contribution in [0.25, 0.3) is 21.8 Å².